The van der Waals surface area contributed by atoms with E-state index < -0.39 is 10.8 Å². The molecule has 1 aromatic carbocycles. The molecule has 0 bridgehead atoms. The molecule has 5 heteroatoms. The number of nitrogens with zero attached hydrogens (tertiary/aromatic N) is 1. The van der Waals surface area contributed by atoms with Gasteiger partial charge < -0.3 is 4.90 Å². The van der Waals surface area contributed by atoms with Crippen LogP contribution in [0.4, 0.5) is 0 Å². The fraction of sp³-hybridized carbons (Fsp3) is 0.562. The van der Waals surface area contributed by atoms with E-state index in [1.807, 2.05) is 18.7 Å². The van der Waals surface area contributed by atoms with Crippen molar-refractivity contribution in [3.05, 3.63) is 34.9 Å². The Labute approximate surface area is 129 Å². The minimum Gasteiger partial charge on any atom is -0.320 e. The van der Waals surface area contributed by atoms with Gasteiger partial charge in [-0.2, -0.15) is 0 Å². The van der Waals surface area contributed by atoms with Gasteiger partial charge >= 0.3 is 0 Å². The SMILES string of the molecule is Cc1ccc(C2NC(C)C(=O)N2CC(C)S(C)=O)c(C)c1. The molecule has 1 aliphatic rings. The van der Waals surface area contributed by atoms with Crippen molar-refractivity contribution in [1.82, 2.24) is 10.2 Å². The van der Waals surface area contributed by atoms with E-state index in [-0.39, 0.29) is 23.4 Å². The number of carbonyl (C=O) groups excluding carboxylic acids is 1. The first-order valence-corrected chi connectivity index (χ1v) is 8.89. The molecule has 1 heterocycles. The number of amides is 1. The number of aryl methyl sites for hydroxylation is 2. The summed E-state index contributed by atoms with van der Waals surface area (Å²) in [5, 5.41) is 3.32. The molecule has 2 rings (SSSR count). The monoisotopic (exact) mass is 308 g/mol. The minimum absolute atomic E-state index is 0.0331. The summed E-state index contributed by atoms with van der Waals surface area (Å²) in [6.07, 6.45) is 1.56. The van der Waals surface area contributed by atoms with Crippen LogP contribution in [0.25, 0.3) is 0 Å². The van der Waals surface area contributed by atoms with E-state index in [0.717, 1.165) is 5.56 Å². The van der Waals surface area contributed by atoms with Gasteiger partial charge in [0.25, 0.3) is 0 Å². The van der Waals surface area contributed by atoms with Gasteiger partial charge in [0.05, 0.1) is 6.04 Å². The highest BCUT2D eigenvalue weighted by molar-refractivity contribution is 7.84. The molecule has 1 amide bonds. The maximum atomic E-state index is 12.4. The molecule has 0 spiro atoms. The number of rotatable bonds is 4. The highest BCUT2D eigenvalue weighted by atomic mass is 32.2. The normalized spacial score (nSPS) is 25.2. The molecule has 0 saturated carbocycles. The van der Waals surface area contributed by atoms with Crippen LogP contribution in [-0.4, -0.2) is 39.1 Å². The number of benzene rings is 1. The summed E-state index contributed by atoms with van der Waals surface area (Å²) in [5.74, 6) is 0.0808. The Kier molecular flexibility index (Phi) is 4.84. The Morgan fingerprint density at radius 3 is 2.62 bits per heavy atom. The van der Waals surface area contributed by atoms with Crippen molar-refractivity contribution in [3.8, 4) is 0 Å². The first-order chi connectivity index (χ1) is 9.81. The molecule has 1 aromatic rings. The molecule has 0 aliphatic carbocycles. The topological polar surface area (TPSA) is 49.4 Å². The summed E-state index contributed by atoms with van der Waals surface area (Å²) in [7, 11) is -0.935. The predicted molar refractivity (Wildman–Crippen MR) is 86.5 cm³/mol. The Hall–Kier alpha value is -1.20. The molecule has 1 aliphatic heterocycles. The van der Waals surface area contributed by atoms with Crippen molar-refractivity contribution in [3.63, 3.8) is 0 Å². The molecule has 116 valence electrons. The molecule has 21 heavy (non-hydrogen) atoms. The zero-order valence-electron chi connectivity index (χ0n) is 13.3. The van der Waals surface area contributed by atoms with Crippen molar-refractivity contribution in [1.29, 1.82) is 0 Å². The molecule has 4 nitrogen and oxygen atoms in total. The van der Waals surface area contributed by atoms with E-state index in [9.17, 15) is 9.00 Å². The van der Waals surface area contributed by atoms with Crippen LogP contribution in [0, 0.1) is 13.8 Å². The van der Waals surface area contributed by atoms with Crippen LogP contribution in [0.2, 0.25) is 0 Å². The quantitative estimate of drug-likeness (QED) is 0.924. The average Bonchev–Trinajstić information content (AvgIpc) is 2.67. The first-order valence-electron chi connectivity index (χ1n) is 7.27. The lowest BCUT2D eigenvalue weighted by Crippen LogP contribution is -2.37. The summed E-state index contributed by atoms with van der Waals surface area (Å²) in [5.41, 5.74) is 3.50. The standard InChI is InChI=1S/C16H24N2O2S/c1-10-6-7-14(11(2)8-10)15-17-13(4)16(19)18(15)9-12(3)21(5)20/h6-8,12-13,15,17H,9H2,1-5H3. The minimum atomic E-state index is -0.935. The van der Waals surface area contributed by atoms with Crippen LogP contribution >= 0.6 is 0 Å². The van der Waals surface area contributed by atoms with Gasteiger partial charge in [-0.3, -0.25) is 14.3 Å². The lowest BCUT2D eigenvalue weighted by atomic mass is 10.0. The fourth-order valence-electron chi connectivity index (χ4n) is 2.74. The third-order valence-corrected chi connectivity index (χ3v) is 5.40. The number of carbonyl (C=O) groups is 1. The lowest BCUT2D eigenvalue weighted by Gasteiger charge is -2.28. The summed E-state index contributed by atoms with van der Waals surface area (Å²) in [4.78, 5) is 14.2. The molecule has 1 saturated heterocycles. The van der Waals surface area contributed by atoms with E-state index >= 15 is 0 Å². The van der Waals surface area contributed by atoms with E-state index in [1.54, 1.807) is 6.26 Å². The third-order valence-electron chi connectivity index (χ3n) is 4.11. The summed E-state index contributed by atoms with van der Waals surface area (Å²) < 4.78 is 11.6. The molecule has 0 aromatic heterocycles. The summed E-state index contributed by atoms with van der Waals surface area (Å²) in [6.45, 7) is 8.44. The maximum absolute atomic E-state index is 12.4. The number of nitrogens with one attached hydrogen (secondary N) is 1. The first kappa shape index (κ1) is 16.2. The van der Waals surface area contributed by atoms with E-state index in [4.69, 9.17) is 0 Å². The Balaban J connectivity index is 2.31. The highest BCUT2D eigenvalue weighted by Gasteiger charge is 2.38. The zero-order valence-corrected chi connectivity index (χ0v) is 14.2. The van der Waals surface area contributed by atoms with Crippen molar-refractivity contribution >= 4 is 16.7 Å². The number of hydrogen-bond donors (Lipinski definition) is 1. The third kappa shape index (κ3) is 3.35. The van der Waals surface area contributed by atoms with E-state index in [0.29, 0.717) is 6.54 Å². The Bertz CT molecular complexity index is 573. The molecular formula is C16H24N2O2S. The smallest absolute Gasteiger partial charge is 0.241 e. The van der Waals surface area contributed by atoms with E-state index in [1.165, 1.54) is 11.1 Å². The van der Waals surface area contributed by atoms with Crippen LogP contribution in [0.3, 0.4) is 0 Å². The van der Waals surface area contributed by atoms with Gasteiger partial charge in [0, 0.05) is 28.9 Å². The van der Waals surface area contributed by atoms with E-state index in [2.05, 4.69) is 37.4 Å². The summed E-state index contributed by atoms with van der Waals surface area (Å²) in [6, 6.07) is 6.07. The van der Waals surface area contributed by atoms with Crippen LogP contribution in [-0.2, 0) is 15.6 Å². The summed E-state index contributed by atoms with van der Waals surface area (Å²) >= 11 is 0. The average molecular weight is 308 g/mol. The van der Waals surface area contributed by atoms with Gasteiger partial charge in [0.15, 0.2) is 0 Å². The van der Waals surface area contributed by atoms with Crippen LogP contribution in [0.1, 0.15) is 36.7 Å². The van der Waals surface area contributed by atoms with Crippen LogP contribution in [0.15, 0.2) is 18.2 Å². The van der Waals surface area contributed by atoms with Crippen LogP contribution < -0.4 is 5.32 Å². The molecule has 1 N–H and O–H groups in total. The molecule has 1 fully saturated rings. The Morgan fingerprint density at radius 1 is 1.38 bits per heavy atom. The highest BCUT2D eigenvalue weighted by Crippen LogP contribution is 2.28. The molecular weight excluding hydrogens is 284 g/mol. The lowest BCUT2D eigenvalue weighted by molar-refractivity contribution is -0.129. The number of hydrogen-bond acceptors (Lipinski definition) is 3. The van der Waals surface area contributed by atoms with Gasteiger partial charge in [-0.05, 0) is 38.8 Å². The Morgan fingerprint density at radius 2 is 2.05 bits per heavy atom. The van der Waals surface area contributed by atoms with Gasteiger partial charge in [0.2, 0.25) is 5.91 Å². The van der Waals surface area contributed by atoms with Crippen molar-refractivity contribution in [2.75, 3.05) is 12.8 Å². The predicted octanol–water partition coefficient (Wildman–Crippen LogP) is 1.89. The van der Waals surface area contributed by atoms with Gasteiger partial charge in [-0.15, -0.1) is 0 Å². The maximum Gasteiger partial charge on any atom is 0.241 e. The fourth-order valence-corrected chi connectivity index (χ4v) is 3.11. The molecule has 4 atom stereocenters. The second-order valence-corrected chi connectivity index (χ2v) is 7.75. The van der Waals surface area contributed by atoms with Gasteiger partial charge in [0.1, 0.15) is 6.17 Å². The second kappa shape index (κ2) is 6.28. The molecule has 0 radical (unpaired) electrons. The van der Waals surface area contributed by atoms with Crippen molar-refractivity contribution in [2.24, 2.45) is 0 Å². The van der Waals surface area contributed by atoms with Crippen molar-refractivity contribution in [2.45, 2.75) is 45.2 Å². The zero-order chi connectivity index (χ0) is 15.7. The van der Waals surface area contributed by atoms with Crippen LogP contribution in [0.5, 0.6) is 0 Å². The van der Waals surface area contributed by atoms with Gasteiger partial charge in [-0.25, -0.2) is 0 Å². The van der Waals surface area contributed by atoms with Gasteiger partial charge in [-0.1, -0.05) is 23.8 Å². The van der Waals surface area contributed by atoms with Crippen molar-refractivity contribution < 1.29 is 9.00 Å². The second-order valence-electron chi connectivity index (χ2n) is 5.95. The largest absolute Gasteiger partial charge is 0.320 e. The molecule has 4 unspecified atom stereocenters.